The molecule has 0 aromatic carbocycles. The van der Waals surface area contributed by atoms with Gasteiger partial charge in [0.25, 0.3) is 0 Å². The Bertz CT molecular complexity index is 178. The lowest BCUT2D eigenvalue weighted by atomic mass is 9.83. The van der Waals surface area contributed by atoms with Gasteiger partial charge in [-0.3, -0.25) is 0 Å². The van der Waals surface area contributed by atoms with Gasteiger partial charge in [-0.25, -0.2) is 0 Å². The number of hydrogen-bond donors (Lipinski definition) is 2. The van der Waals surface area contributed by atoms with E-state index >= 15 is 0 Å². The van der Waals surface area contributed by atoms with Crippen molar-refractivity contribution >= 4 is 0 Å². The molecule has 0 spiro atoms. The zero-order chi connectivity index (χ0) is 9.97. The second kappa shape index (κ2) is 4.60. The summed E-state index contributed by atoms with van der Waals surface area (Å²) in [6.45, 7) is 2.86. The molecule has 0 radical (unpaired) electrons. The first-order valence-corrected chi connectivity index (χ1v) is 5.94. The van der Waals surface area contributed by atoms with Crippen LogP contribution in [0.5, 0.6) is 0 Å². The van der Waals surface area contributed by atoms with Crippen LogP contribution >= 0.6 is 0 Å². The van der Waals surface area contributed by atoms with Gasteiger partial charge in [-0.05, 0) is 26.2 Å². The highest BCUT2D eigenvalue weighted by Crippen LogP contribution is 2.26. The molecule has 0 bridgehead atoms. The van der Waals surface area contributed by atoms with Crippen LogP contribution < -0.4 is 11.1 Å². The molecule has 3 N–H and O–H groups in total. The summed E-state index contributed by atoms with van der Waals surface area (Å²) < 4.78 is 5.63. The number of ether oxygens (including phenoxy) is 1. The third-order valence-electron chi connectivity index (χ3n) is 3.53. The molecule has 0 heterocycles. The molecule has 0 aliphatic heterocycles. The average molecular weight is 198 g/mol. The van der Waals surface area contributed by atoms with E-state index in [0.717, 1.165) is 13.0 Å². The van der Waals surface area contributed by atoms with Crippen molar-refractivity contribution in [2.24, 2.45) is 5.73 Å². The summed E-state index contributed by atoms with van der Waals surface area (Å²) in [7, 11) is 0. The Morgan fingerprint density at radius 1 is 1.36 bits per heavy atom. The number of nitrogens with one attached hydrogen (secondary N) is 1. The Labute approximate surface area is 86.4 Å². The Hall–Kier alpha value is -0.120. The van der Waals surface area contributed by atoms with Gasteiger partial charge in [0.05, 0.1) is 6.10 Å². The standard InChI is InChI=1S/C11H22N2O/c1-2-14-10-7-9(12)11(10)13-8-5-3-4-6-8/h8-11,13H,2-7,12H2,1H3. The maximum Gasteiger partial charge on any atom is 0.0758 e. The third-order valence-corrected chi connectivity index (χ3v) is 3.53. The molecule has 0 saturated heterocycles. The first kappa shape index (κ1) is 10.4. The summed E-state index contributed by atoms with van der Waals surface area (Å²) in [5.74, 6) is 0. The van der Waals surface area contributed by atoms with Crippen molar-refractivity contribution in [1.82, 2.24) is 5.32 Å². The van der Waals surface area contributed by atoms with Crippen LogP contribution in [0.1, 0.15) is 39.0 Å². The average Bonchev–Trinajstić information content (AvgIpc) is 2.66. The minimum Gasteiger partial charge on any atom is -0.377 e. The van der Waals surface area contributed by atoms with E-state index in [1.54, 1.807) is 0 Å². The highest BCUT2D eigenvalue weighted by molar-refractivity contribution is 5.01. The predicted octanol–water partition coefficient (Wildman–Crippen LogP) is 1.02. The number of hydrogen-bond acceptors (Lipinski definition) is 3. The molecular weight excluding hydrogens is 176 g/mol. The number of rotatable bonds is 4. The quantitative estimate of drug-likeness (QED) is 0.709. The zero-order valence-corrected chi connectivity index (χ0v) is 9.04. The zero-order valence-electron chi connectivity index (χ0n) is 9.04. The summed E-state index contributed by atoms with van der Waals surface area (Å²) in [5, 5.41) is 3.65. The Morgan fingerprint density at radius 2 is 2.07 bits per heavy atom. The highest BCUT2D eigenvalue weighted by Gasteiger charge is 2.40. The second-order valence-electron chi connectivity index (χ2n) is 4.57. The van der Waals surface area contributed by atoms with Crippen LogP contribution in [-0.4, -0.2) is 30.8 Å². The molecule has 0 amide bonds. The van der Waals surface area contributed by atoms with Gasteiger partial charge in [0.1, 0.15) is 0 Å². The predicted molar refractivity (Wildman–Crippen MR) is 57.2 cm³/mol. The van der Waals surface area contributed by atoms with Crippen LogP contribution in [0.4, 0.5) is 0 Å². The van der Waals surface area contributed by atoms with Gasteiger partial charge in [0, 0.05) is 24.7 Å². The van der Waals surface area contributed by atoms with Crippen molar-refractivity contribution in [1.29, 1.82) is 0 Å². The van der Waals surface area contributed by atoms with Gasteiger partial charge in [0.2, 0.25) is 0 Å². The fourth-order valence-electron chi connectivity index (χ4n) is 2.62. The topological polar surface area (TPSA) is 47.3 Å². The molecule has 3 heteroatoms. The van der Waals surface area contributed by atoms with E-state index in [2.05, 4.69) is 12.2 Å². The molecule has 3 atom stereocenters. The molecule has 2 fully saturated rings. The van der Waals surface area contributed by atoms with Crippen molar-refractivity contribution < 1.29 is 4.74 Å². The van der Waals surface area contributed by atoms with Crippen LogP contribution in [0.2, 0.25) is 0 Å². The van der Waals surface area contributed by atoms with Gasteiger partial charge in [-0.1, -0.05) is 12.8 Å². The number of nitrogens with two attached hydrogens (primary N) is 1. The second-order valence-corrected chi connectivity index (χ2v) is 4.57. The van der Waals surface area contributed by atoms with Crippen molar-refractivity contribution in [2.45, 2.75) is 63.3 Å². The van der Waals surface area contributed by atoms with Gasteiger partial charge in [-0.2, -0.15) is 0 Å². The van der Waals surface area contributed by atoms with E-state index in [9.17, 15) is 0 Å². The van der Waals surface area contributed by atoms with E-state index in [1.165, 1.54) is 25.7 Å². The summed E-state index contributed by atoms with van der Waals surface area (Å²) in [6.07, 6.45) is 6.79. The van der Waals surface area contributed by atoms with Crippen molar-refractivity contribution in [3.05, 3.63) is 0 Å². The molecular formula is C11H22N2O. The van der Waals surface area contributed by atoms with E-state index in [-0.39, 0.29) is 0 Å². The SMILES string of the molecule is CCOC1CC(N)C1NC1CCCC1. The fourth-order valence-corrected chi connectivity index (χ4v) is 2.62. The van der Waals surface area contributed by atoms with E-state index in [1.807, 2.05) is 0 Å². The largest absolute Gasteiger partial charge is 0.377 e. The molecule has 14 heavy (non-hydrogen) atoms. The fraction of sp³-hybridized carbons (Fsp3) is 1.00. The summed E-state index contributed by atoms with van der Waals surface area (Å²) in [4.78, 5) is 0. The molecule has 2 aliphatic rings. The van der Waals surface area contributed by atoms with Crippen LogP contribution in [0, 0.1) is 0 Å². The van der Waals surface area contributed by atoms with Gasteiger partial charge in [0.15, 0.2) is 0 Å². The molecule has 2 rings (SSSR count). The monoisotopic (exact) mass is 198 g/mol. The van der Waals surface area contributed by atoms with Crippen molar-refractivity contribution in [2.75, 3.05) is 6.61 Å². The summed E-state index contributed by atoms with van der Waals surface area (Å²) >= 11 is 0. The van der Waals surface area contributed by atoms with Crippen LogP contribution in [0.25, 0.3) is 0 Å². The lowest BCUT2D eigenvalue weighted by Crippen LogP contribution is -2.65. The first-order chi connectivity index (χ1) is 6.81. The lowest BCUT2D eigenvalue weighted by molar-refractivity contribution is -0.0355. The smallest absolute Gasteiger partial charge is 0.0758 e. The third kappa shape index (κ3) is 2.10. The van der Waals surface area contributed by atoms with Crippen molar-refractivity contribution in [3.8, 4) is 0 Å². The van der Waals surface area contributed by atoms with Crippen LogP contribution in [-0.2, 0) is 4.74 Å². The Balaban J connectivity index is 1.76. The van der Waals surface area contributed by atoms with Gasteiger partial charge < -0.3 is 15.8 Å². The Kier molecular flexibility index (Phi) is 3.42. The van der Waals surface area contributed by atoms with Crippen LogP contribution in [0.15, 0.2) is 0 Å². The molecule has 3 nitrogen and oxygen atoms in total. The van der Waals surface area contributed by atoms with E-state index in [4.69, 9.17) is 10.5 Å². The maximum atomic E-state index is 5.98. The molecule has 0 aromatic rings. The summed E-state index contributed by atoms with van der Waals surface area (Å²) in [5.41, 5.74) is 5.98. The minimum absolute atomic E-state index is 0.312. The molecule has 2 aliphatic carbocycles. The van der Waals surface area contributed by atoms with Crippen LogP contribution in [0.3, 0.4) is 0 Å². The first-order valence-electron chi connectivity index (χ1n) is 5.94. The Morgan fingerprint density at radius 3 is 2.64 bits per heavy atom. The maximum absolute atomic E-state index is 5.98. The molecule has 82 valence electrons. The normalized spacial score (nSPS) is 38.6. The molecule has 2 saturated carbocycles. The minimum atomic E-state index is 0.312. The van der Waals surface area contributed by atoms with Gasteiger partial charge in [-0.15, -0.1) is 0 Å². The van der Waals surface area contributed by atoms with E-state index in [0.29, 0.717) is 24.2 Å². The summed E-state index contributed by atoms with van der Waals surface area (Å²) in [6, 6.07) is 1.43. The van der Waals surface area contributed by atoms with E-state index < -0.39 is 0 Å². The molecule has 3 unspecified atom stereocenters. The molecule has 0 aromatic heterocycles. The lowest BCUT2D eigenvalue weighted by Gasteiger charge is -2.44. The van der Waals surface area contributed by atoms with Crippen molar-refractivity contribution in [3.63, 3.8) is 0 Å². The van der Waals surface area contributed by atoms with Gasteiger partial charge >= 0.3 is 0 Å². The highest BCUT2D eigenvalue weighted by atomic mass is 16.5.